The van der Waals surface area contributed by atoms with Gasteiger partial charge < -0.3 is 14.6 Å². The zero-order chi connectivity index (χ0) is 17.8. The van der Waals surface area contributed by atoms with Crippen LogP contribution in [0.2, 0.25) is 0 Å². The Labute approximate surface area is 141 Å². The molecule has 3 rings (SSSR count). The first-order valence-electron chi connectivity index (χ1n) is 7.21. The molecule has 0 spiro atoms. The summed E-state index contributed by atoms with van der Waals surface area (Å²) >= 11 is 0. The van der Waals surface area contributed by atoms with Crippen molar-refractivity contribution in [3.8, 4) is 17.2 Å². The third kappa shape index (κ3) is 3.66. The molecule has 0 saturated heterocycles. The Balaban J connectivity index is 1.66. The van der Waals surface area contributed by atoms with Crippen LogP contribution in [0.3, 0.4) is 0 Å². The van der Waals surface area contributed by atoms with Gasteiger partial charge in [0.15, 0.2) is 11.5 Å². The van der Waals surface area contributed by atoms with Crippen LogP contribution in [0.1, 0.15) is 5.56 Å². The molecule has 0 unspecified atom stereocenters. The molecule has 1 heterocycles. The van der Waals surface area contributed by atoms with E-state index in [0.29, 0.717) is 11.5 Å². The van der Waals surface area contributed by atoms with E-state index in [4.69, 9.17) is 9.47 Å². The lowest BCUT2D eigenvalue weighted by atomic mass is 10.2. The van der Waals surface area contributed by atoms with Gasteiger partial charge in [0.2, 0.25) is 6.10 Å². The highest BCUT2D eigenvalue weighted by molar-refractivity contribution is 5.88. The van der Waals surface area contributed by atoms with Crippen LogP contribution >= 0.6 is 0 Å². The molecule has 0 radical (unpaired) electrons. The molecule has 25 heavy (non-hydrogen) atoms. The number of hydrogen-bond acceptors (Lipinski definition) is 7. The van der Waals surface area contributed by atoms with E-state index in [9.17, 15) is 20.0 Å². The third-order valence-electron chi connectivity index (χ3n) is 3.38. The first-order valence-corrected chi connectivity index (χ1v) is 7.21. The molecule has 2 aromatic carbocycles. The number of hydrogen-bond donors (Lipinski definition) is 1. The molecule has 1 N–H and O–H groups in total. The summed E-state index contributed by atoms with van der Waals surface area (Å²) in [5, 5.41) is 25.9. The van der Waals surface area contributed by atoms with E-state index >= 15 is 0 Å². The van der Waals surface area contributed by atoms with Crippen molar-refractivity contribution in [1.29, 1.82) is 0 Å². The van der Waals surface area contributed by atoms with Crippen molar-refractivity contribution in [2.45, 2.75) is 6.10 Å². The Hall–Kier alpha value is -3.62. The van der Waals surface area contributed by atoms with E-state index in [1.165, 1.54) is 0 Å². The second-order valence-electron chi connectivity index (χ2n) is 5.08. The summed E-state index contributed by atoms with van der Waals surface area (Å²) in [6, 6.07) is 10.1. The molecule has 2 aromatic rings. The van der Waals surface area contributed by atoms with E-state index in [1.54, 1.807) is 24.3 Å². The molecule has 0 aromatic heterocycles. The maximum Gasteiger partial charge on any atom is 0.284 e. The number of benzene rings is 2. The van der Waals surface area contributed by atoms with Crippen molar-refractivity contribution in [3.63, 3.8) is 0 Å². The Morgan fingerprint density at radius 3 is 2.80 bits per heavy atom. The summed E-state index contributed by atoms with van der Waals surface area (Å²) in [7, 11) is 0. The molecule has 0 fully saturated rings. The summed E-state index contributed by atoms with van der Waals surface area (Å²) in [6.07, 6.45) is 0.127. The molecule has 0 saturated carbocycles. The number of rotatable bonds is 4. The highest BCUT2D eigenvalue weighted by Crippen LogP contribution is 2.30. The summed E-state index contributed by atoms with van der Waals surface area (Å²) in [4.78, 5) is 22.3. The molecular formula is C16H12N3O6-. The number of fused-ring (bicyclic) bond motifs is 1. The van der Waals surface area contributed by atoms with Gasteiger partial charge in [-0.15, -0.1) is 5.75 Å². The summed E-state index contributed by atoms with van der Waals surface area (Å²) in [5.41, 5.74) is 1.92. The van der Waals surface area contributed by atoms with Gasteiger partial charge in [-0.1, -0.05) is 24.3 Å². The van der Waals surface area contributed by atoms with E-state index in [1.807, 2.05) is 0 Å². The minimum absolute atomic E-state index is 0.00849. The third-order valence-corrected chi connectivity index (χ3v) is 3.38. The standard InChI is InChI=1S/C16H13N3O6/c20-11-5-6-12(19(22)23)10(7-11)8-17-18-16(21)15-9-24-13-3-1-2-4-14(13)25-15/h1-8,15,20H,9H2,(H,18,21)/p-1/b17-8+/t15-/m1/s1. The molecule has 9 nitrogen and oxygen atoms in total. The number of hydrazone groups is 1. The predicted octanol–water partition coefficient (Wildman–Crippen LogP) is 0.958. The zero-order valence-corrected chi connectivity index (χ0v) is 12.7. The SMILES string of the molecule is O=C(N/N=C/c1cc([O-])ccc1[N+](=O)[O-])[C@H]1COc2ccccc2O1. The molecule has 0 aliphatic carbocycles. The molecule has 0 bridgehead atoms. The number of nitro groups is 1. The zero-order valence-electron chi connectivity index (χ0n) is 12.7. The van der Waals surface area contributed by atoms with Gasteiger partial charge in [-0.3, -0.25) is 14.9 Å². The fraction of sp³-hybridized carbons (Fsp3) is 0.125. The highest BCUT2D eigenvalue weighted by atomic mass is 16.6. The number of nitro benzene ring substituents is 1. The minimum Gasteiger partial charge on any atom is -0.872 e. The summed E-state index contributed by atoms with van der Waals surface area (Å²) < 4.78 is 10.9. The second-order valence-corrected chi connectivity index (χ2v) is 5.08. The molecular weight excluding hydrogens is 330 g/mol. The van der Waals surface area contributed by atoms with Crippen LogP contribution in [0.25, 0.3) is 0 Å². The molecule has 1 aliphatic heterocycles. The van der Waals surface area contributed by atoms with E-state index < -0.39 is 22.7 Å². The average Bonchev–Trinajstić information content (AvgIpc) is 2.61. The van der Waals surface area contributed by atoms with E-state index in [2.05, 4.69) is 10.5 Å². The largest absolute Gasteiger partial charge is 0.872 e. The monoisotopic (exact) mass is 342 g/mol. The minimum atomic E-state index is -0.909. The lowest BCUT2D eigenvalue weighted by Gasteiger charge is -2.24. The van der Waals surface area contributed by atoms with Gasteiger partial charge in [-0.05, 0) is 12.1 Å². The van der Waals surface area contributed by atoms with Gasteiger partial charge in [0.25, 0.3) is 11.6 Å². The van der Waals surface area contributed by atoms with E-state index in [-0.39, 0.29) is 17.9 Å². The number of nitrogens with zero attached hydrogens (tertiary/aromatic N) is 2. The van der Waals surface area contributed by atoms with E-state index in [0.717, 1.165) is 24.4 Å². The first kappa shape index (κ1) is 16.2. The van der Waals surface area contributed by atoms with Crippen LogP contribution in [-0.2, 0) is 4.79 Å². The van der Waals surface area contributed by atoms with Crippen LogP contribution in [-0.4, -0.2) is 29.8 Å². The van der Waals surface area contributed by atoms with Crippen molar-refractivity contribution in [2.75, 3.05) is 6.61 Å². The van der Waals surface area contributed by atoms with Crippen LogP contribution in [0, 0.1) is 10.1 Å². The molecule has 1 aliphatic rings. The van der Waals surface area contributed by atoms with Gasteiger partial charge in [-0.2, -0.15) is 5.10 Å². The lowest BCUT2D eigenvalue weighted by molar-refractivity contribution is -0.385. The fourth-order valence-electron chi connectivity index (χ4n) is 2.19. The first-order chi connectivity index (χ1) is 12.0. The number of ether oxygens (including phenoxy) is 2. The number of para-hydroxylation sites is 2. The lowest BCUT2D eigenvalue weighted by Crippen LogP contribution is -2.42. The Kier molecular flexibility index (Phi) is 4.46. The molecule has 1 atom stereocenters. The molecule has 1 amide bonds. The summed E-state index contributed by atoms with van der Waals surface area (Å²) in [6.45, 7) is 0.00849. The van der Waals surface area contributed by atoms with Crippen LogP contribution < -0.4 is 20.0 Å². The number of nitrogens with one attached hydrogen (secondary N) is 1. The highest BCUT2D eigenvalue weighted by Gasteiger charge is 2.27. The van der Waals surface area contributed by atoms with Crippen molar-refractivity contribution in [3.05, 3.63) is 58.1 Å². The normalized spacial score (nSPS) is 15.8. The number of carbonyl (C=O) groups excluding carboxylic acids is 1. The Morgan fingerprint density at radius 1 is 1.28 bits per heavy atom. The Bertz CT molecular complexity index is 852. The maximum atomic E-state index is 12.1. The van der Waals surface area contributed by atoms with Crippen LogP contribution in [0.5, 0.6) is 17.2 Å². The topological polar surface area (TPSA) is 126 Å². The Morgan fingerprint density at radius 2 is 2.04 bits per heavy atom. The summed E-state index contributed by atoms with van der Waals surface area (Å²) in [5.74, 6) is -0.00353. The van der Waals surface area contributed by atoms with Gasteiger partial charge in [0, 0.05) is 6.07 Å². The maximum absolute atomic E-state index is 12.1. The molecule has 9 heteroatoms. The van der Waals surface area contributed by atoms with Crippen molar-refractivity contribution < 1.29 is 24.3 Å². The van der Waals surface area contributed by atoms with Crippen molar-refractivity contribution in [1.82, 2.24) is 5.43 Å². The molecule has 128 valence electrons. The van der Waals surface area contributed by atoms with Gasteiger partial charge in [0.05, 0.1) is 16.7 Å². The van der Waals surface area contributed by atoms with Crippen LogP contribution in [0.15, 0.2) is 47.6 Å². The van der Waals surface area contributed by atoms with Gasteiger partial charge in [0.1, 0.15) is 6.61 Å². The predicted molar refractivity (Wildman–Crippen MR) is 84.6 cm³/mol. The van der Waals surface area contributed by atoms with Crippen LogP contribution in [0.4, 0.5) is 5.69 Å². The smallest absolute Gasteiger partial charge is 0.284 e. The average molecular weight is 342 g/mol. The van der Waals surface area contributed by atoms with Gasteiger partial charge >= 0.3 is 0 Å². The second kappa shape index (κ2) is 6.87. The van der Waals surface area contributed by atoms with Crippen molar-refractivity contribution in [2.24, 2.45) is 5.10 Å². The van der Waals surface area contributed by atoms with Crippen molar-refractivity contribution >= 4 is 17.8 Å². The number of carbonyl (C=O) groups is 1. The quantitative estimate of drug-likeness (QED) is 0.501. The fourth-order valence-corrected chi connectivity index (χ4v) is 2.19. The number of amides is 1. The van der Waals surface area contributed by atoms with Gasteiger partial charge in [-0.25, -0.2) is 5.43 Å².